The van der Waals surface area contributed by atoms with E-state index in [9.17, 15) is 0 Å². The van der Waals surface area contributed by atoms with Crippen LogP contribution >= 0.6 is 0 Å². The Kier molecular flexibility index (Phi) is 3.19. The van der Waals surface area contributed by atoms with Gasteiger partial charge in [0.15, 0.2) is 0 Å². The number of nitrogens with zero attached hydrogens (tertiary/aromatic N) is 1. The van der Waals surface area contributed by atoms with Crippen molar-refractivity contribution in [2.75, 3.05) is 7.05 Å². The van der Waals surface area contributed by atoms with Gasteiger partial charge in [-0.05, 0) is 29.4 Å². The van der Waals surface area contributed by atoms with Crippen LogP contribution in [0.5, 0.6) is 0 Å². The molecule has 1 atom stereocenters. The van der Waals surface area contributed by atoms with E-state index in [1.807, 2.05) is 19.2 Å². The first-order valence-corrected chi connectivity index (χ1v) is 5.38. The van der Waals surface area contributed by atoms with Crippen LogP contribution in [-0.4, -0.2) is 7.05 Å². The molecule has 2 heteroatoms. The molecule has 2 nitrogen and oxygen atoms in total. The zero-order valence-electron chi connectivity index (χ0n) is 9.27. The number of nitriles is 1. The van der Waals surface area contributed by atoms with E-state index >= 15 is 0 Å². The quantitative estimate of drug-likeness (QED) is 0.845. The molecule has 0 aliphatic heterocycles. The first kappa shape index (κ1) is 10.7. The summed E-state index contributed by atoms with van der Waals surface area (Å²) in [4.78, 5) is 0. The van der Waals surface area contributed by atoms with E-state index in [2.05, 4.69) is 41.7 Å². The van der Waals surface area contributed by atoms with Gasteiger partial charge < -0.3 is 5.32 Å². The zero-order chi connectivity index (χ0) is 11.4. The summed E-state index contributed by atoms with van der Waals surface area (Å²) in [6.45, 7) is 0. The average Bonchev–Trinajstić information content (AvgIpc) is 2.35. The molecule has 2 aromatic rings. The SMILES string of the molecule is CNC(CC#N)c1ccc2ccccc2c1. The number of hydrogen-bond donors (Lipinski definition) is 1. The Hall–Kier alpha value is -1.85. The molecule has 0 aliphatic carbocycles. The van der Waals surface area contributed by atoms with Gasteiger partial charge in [0.2, 0.25) is 0 Å². The third-order valence-electron chi connectivity index (χ3n) is 2.82. The molecule has 0 radical (unpaired) electrons. The molecule has 0 aliphatic rings. The molecule has 1 unspecified atom stereocenters. The van der Waals surface area contributed by atoms with Crippen molar-refractivity contribution in [3.63, 3.8) is 0 Å². The van der Waals surface area contributed by atoms with E-state index in [4.69, 9.17) is 5.26 Å². The fourth-order valence-corrected chi connectivity index (χ4v) is 1.90. The average molecular weight is 210 g/mol. The predicted octanol–water partition coefficient (Wildman–Crippen LogP) is 3.01. The van der Waals surface area contributed by atoms with Crippen LogP contribution < -0.4 is 5.32 Å². The van der Waals surface area contributed by atoms with Crippen molar-refractivity contribution < 1.29 is 0 Å². The lowest BCUT2D eigenvalue weighted by Gasteiger charge is -2.13. The van der Waals surface area contributed by atoms with Crippen LogP contribution in [0.25, 0.3) is 10.8 Å². The maximum absolute atomic E-state index is 8.75. The molecule has 2 rings (SSSR count). The van der Waals surface area contributed by atoms with Crippen LogP contribution in [0.3, 0.4) is 0 Å². The van der Waals surface area contributed by atoms with Gasteiger partial charge in [0.05, 0.1) is 12.5 Å². The number of hydrogen-bond acceptors (Lipinski definition) is 2. The Morgan fingerprint density at radius 2 is 1.94 bits per heavy atom. The summed E-state index contributed by atoms with van der Waals surface area (Å²) in [6.07, 6.45) is 0.495. The number of benzene rings is 2. The Morgan fingerprint density at radius 3 is 2.62 bits per heavy atom. The standard InChI is InChI=1S/C14H14N2/c1-16-14(8-9-15)13-7-6-11-4-2-3-5-12(11)10-13/h2-7,10,14,16H,8H2,1H3. The topological polar surface area (TPSA) is 35.8 Å². The summed E-state index contributed by atoms with van der Waals surface area (Å²) in [5.74, 6) is 0. The van der Waals surface area contributed by atoms with Crippen molar-refractivity contribution in [1.29, 1.82) is 5.26 Å². The molecule has 0 saturated carbocycles. The largest absolute Gasteiger partial charge is 0.312 e. The van der Waals surface area contributed by atoms with Crippen LogP contribution in [0.2, 0.25) is 0 Å². The van der Waals surface area contributed by atoms with Gasteiger partial charge in [-0.15, -0.1) is 0 Å². The second-order valence-electron chi connectivity index (χ2n) is 3.81. The molecule has 0 saturated heterocycles. The second-order valence-corrected chi connectivity index (χ2v) is 3.81. The summed E-state index contributed by atoms with van der Waals surface area (Å²) in [6, 6.07) is 16.9. The first-order valence-electron chi connectivity index (χ1n) is 5.38. The molecule has 0 amide bonds. The van der Waals surface area contributed by atoms with Crippen molar-refractivity contribution in [2.45, 2.75) is 12.5 Å². The van der Waals surface area contributed by atoms with Crippen molar-refractivity contribution in [1.82, 2.24) is 5.32 Å². The molecule has 0 spiro atoms. The minimum Gasteiger partial charge on any atom is -0.312 e. The highest BCUT2D eigenvalue weighted by atomic mass is 14.9. The fraction of sp³-hybridized carbons (Fsp3) is 0.214. The number of rotatable bonds is 3. The van der Waals surface area contributed by atoms with Crippen molar-refractivity contribution in [2.24, 2.45) is 0 Å². The minimum absolute atomic E-state index is 0.120. The molecule has 0 aromatic heterocycles. The highest BCUT2D eigenvalue weighted by Gasteiger charge is 2.08. The van der Waals surface area contributed by atoms with E-state index in [-0.39, 0.29) is 6.04 Å². The van der Waals surface area contributed by atoms with Crippen LogP contribution in [0.15, 0.2) is 42.5 Å². The van der Waals surface area contributed by atoms with Gasteiger partial charge in [0, 0.05) is 6.04 Å². The maximum Gasteiger partial charge on any atom is 0.0641 e. The lowest BCUT2D eigenvalue weighted by atomic mass is 10.0. The fourth-order valence-electron chi connectivity index (χ4n) is 1.90. The predicted molar refractivity (Wildman–Crippen MR) is 66.0 cm³/mol. The summed E-state index contributed by atoms with van der Waals surface area (Å²) in [7, 11) is 1.89. The molecule has 0 fully saturated rings. The zero-order valence-corrected chi connectivity index (χ0v) is 9.27. The van der Waals surface area contributed by atoms with Crippen LogP contribution in [0.1, 0.15) is 18.0 Å². The first-order chi connectivity index (χ1) is 7.85. The maximum atomic E-state index is 8.75. The summed E-state index contributed by atoms with van der Waals surface area (Å²) >= 11 is 0. The molecule has 16 heavy (non-hydrogen) atoms. The van der Waals surface area contributed by atoms with Crippen molar-refractivity contribution in [3.8, 4) is 6.07 Å². The van der Waals surface area contributed by atoms with E-state index in [0.717, 1.165) is 0 Å². The van der Waals surface area contributed by atoms with Gasteiger partial charge in [-0.2, -0.15) is 5.26 Å². The van der Waals surface area contributed by atoms with E-state index in [0.29, 0.717) is 6.42 Å². The summed E-state index contributed by atoms with van der Waals surface area (Å²) in [5, 5.41) is 14.4. The van der Waals surface area contributed by atoms with Crippen LogP contribution in [0.4, 0.5) is 0 Å². The van der Waals surface area contributed by atoms with Crippen molar-refractivity contribution >= 4 is 10.8 Å². The normalized spacial score (nSPS) is 12.2. The van der Waals surface area contributed by atoms with Gasteiger partial charge in [0.1, 0.15) is 0 Å². The molecule has 0 bridgehead atoms. The van der Waals surface area contributed by atoms with Gasteiger partial charge >= 0.3 is 0 Å². The number of nitrogens with one attached hydrogen (secondary N) is 1. The highest BCUT2D eigenvalue weighted by molar-refractivity contribution is 5.83. The van der Waals surface area contributed by atoms with Gasteiger partial charge in [-0.3, -0.25) is 0 Å². The molecule has 2 aromatic carbocycles. The molecule has 80 valence electrons. The van der Waals surface area contributed by atoms with Gasteiger partial charge in [-0.25, -0.2) is 0 Å². The Morgan fingerprint density at radius 1 is 1.19 bits per heavy atom. The lowest BCUT2D eigenvalue weighted by Crippen LogP contribution is -2.15. The minimum atomic E-state index is 0.120. The Labute approximate surface area is 95.5 Å². The van der Waals surface area contributed by atoms with Crippen LogP contribution in [-0.2, 0) is 0 Å². The van der Waals surface area contributed by atoms with Gasteiger partial charge in [-0.1, -0.05) is 36.4 Å². The molecule has 0 heterocycles. The highest BCUT2D eigenvalue weighted by Crippen LogP contribution is 2.21. The molecular formula is C14H14N2. The molecule has 1 N–H and O–H groups in total. The third kappa shape index (κ3) is 2.05. The second kappa shape index (κ2) is 4.78. The van der Waals surface area contributed by atoms with Crippen LogP contribution in [0, 0.1) is 11.3 Å². The van der Waals surface area contributed by atoms with Gasteiger partial charge in [0.25, 0.3) is 0 Å². The van der Waals surface area contributed by atoms with E-state index < -0.39 is 0 Å². The third-order valence-corrected chi connectivity index (χ3v) is 2.82. The Balaban J connectivity index is 2.42. The summed E-state index contributed by atoms with van der Waals surface area (Å²) in [5.41, 5.74) is 1.17. The Bertz CT molecular complexity index is 525. The van der Waals surface area contributed by atoms with E-state index in [1.165, 1.54) is 16.3 Å². The lowest BCUT2D eigenvalue weighted by molar-refractivity contribution is 0.609. The van der Waals surface area contributed by atoms with E-state index in [1.54, 1.807) is 0 Å². The smallest absolute Gasteiger partial charge is 0.0641 e. The summed E-state index contributed by atoms with van der Waals surface area (Å²) < 4.78 is 0. The molecular weight excluding hydrogens is 196 g/mol. The number of fused-ring (bicyclic) bond motifs is 1. The van der Waals surface area contributed by atoms with Crippen molar-refractivity contribution in [3.05, 3.63) is 48.0 Å². The monoisotopic (exact) mass is 210 g/mol.